The van der Waals surface area contributed by atoms with Crippen molar-refractivity contribution in [2.24, 2.45) is 0 Å². The zero-order chi connectivity index (χ0) is 12.4. The molecule has 0 aromatic heterocycles. The third kappa shape index (κ3) is 2.90. The van der Waals surface area contributed by atoms with Gasteiger partial charge in [0.1, 0.15) is 0 Å². The summed E-state index contributed by atoms with van der Waals surface area (Å²) in [5, 5.41) is 9.54. The Morgan fingerprint density at radius 3 is 2.71 bits per heavy atom. The highest BCUT2D eigenvalue weighted by Crippen LogP contribution is 2.30. The predicted molar refractivity (Wildman–Crippen MR) is 75.4 cm³/mol. The van der Waals surface area contributed by atoms with Gasteiger partial charge in [-0.05, 0) is 53.9 Å². The molecule has 1 unspecified atom stereocenters. The van der Waals surface area contributed by atoms with Gasteiger partial charge in [-0.1, -0.05) is 17.7 Å². The van der Waals surface area contributed by atoms with Gasteiger partial charge < -0.3 is 10.0 Å². The predicted octanol–water partition coefficient (Wildman–Crippen LogP) is 3.66. The number of hydrogen-bond donors (Lipinski definition) is 1. The van der Waals surface area contributed by atoms with Crippen LogP contribution in [0.4, 0.5) is 5.69 Å². The number of hydrogen-bond acceptors (Lipinski definition) is 2. The molecule has 2 nitrogen and oxygen atoms in total. The Morgan fingerprint density at radius 2 is 2.18 bits per heavy atom. The highest BCUT2D eigenvalue weighted by molar-refractivity contribution is 9.10. The van der Waals surface area contributed by atoms with Crippen LogP contribution in [-0.2, 0) is 0 Å². The van der Waals surface area contributed by atoms with E-state index in [0.717, 1.165) is 29.5 Å². The summed E-state index contributed by atoms with van der Waals surface area (Å²) < 4.78 is 1.06. The van der Waals surface area contributed by atoms with E-state index in [0.29, 0.717) is 0 Å². The van der Waals surface area contributed by atoms with Crippen LogP contribution in [0, 0.1) is 0 Å². The Balaban J connectivity index is 2.22. The van der Waals surface area contributed by atoms with Crippen LogP contribution in [0.25, 0.3) is 0 Å². The molecule has 0 saturated carbocycles. The van der Waals surface area contributed by atoms with Crippen molar-refractivity contribution >= 4 is 21.6 Å². The number of benzene rings is 1. The molecule has 1 aliphatic heterocycles. The Kier molecular flexibility index (Phi) is 3.89. The van der Waals surface area contributed by atoms with E-state index in [9.17, 15) is 5.11 Å². The fourth-order valence-electron chi connectivity index (χ4n) is 2.03. The van der Waals surface area contributed by atoms with E-state index < -0.39 is 6.10 Å². The average Bonchev–Trinajstić information content (AvgIpc) is 2.30. The van der Waals surface area contributed by atoms with Gasteiger partial charge in [0.05, 0.1) is 11.8 Å². The zero-order valence-corrected chi connectivity index (χ0v) is 11.9. The monoisotopic (exact) mass is 295 g/mol. The van der Waals surface area contributed by atoms with Gasteiger partial charge >= 0.3 is 0 Å². The largest absolute Gasteiger partial charge is 0.389 e. The summed E-state index contributed by atoms with van der Waals surface area (Å²) in [6.07, 6.45) is 2.99. The molecule has 2 rings (SSSR count). The van der Waals surface area contributed by atoms with Gasteiger partial charge in [0.2, 0.25) is 0 Å². The normalized spacial score (nSPS) is 17.9. The maximum Gasteiger partial charge on any atom is 0.0762 e. The van der Waals surface area contributed by atoms with Crippen LogP contribution in [0.5, 0.6) is 0 Å². The first-order valence-corrected chi connectivity index (χ1v) is 6.75. The summed E-state index contributed by atoms with van der Waals surface area (Å²) in [7, 11) is 0. The molecule has 0 amide bonds. The number of aliphatic hydroxyl groups excluding tert-OH is 1. The maximum absolute atomic E-state index is 9.54. The molecule has 1 N–H and O–H groups in total. The summed E-state index contributed by atoms with van der Waals surface area (Å²) in [5.74, 6) is 0. The second kappa shape index (κ2) is 5.23. The van der Waals surface area contributed by atoms with Crippen molar-refractivity contribution in [1.82, 2.24) is 0 Å². The second-order valence-electron chi connectivity index (χ2n) is 4.63. The van der Waals surface area contributed by atoms with Crippen LogP contribution >= 0.6 is 15.9 Å². The molecule has 0 bridgehead atoms. The third-order valence-corrected chi connectivity index (χ3v) is 3.87. The first-order valence-electron chi connectivity index (χ1n) is 5.96. The van der Waals surface area contributed by atoms with Crippen molar-refractivity contribution in [3.63, 3.8) is 0 Å². The zero-order valence-electron chi connectivity index (χ0n) is 10.3. The van der Waals surface area contributed by atoms with Gasteiger partial charge in [0.15, 0.2) is 0 Å². The molecule has 1 aromatic rings. The van der Waals surface area contributed by atoms with Crippen LogP contribution in [0.1, 0.15) is 31.9 Å². The lowest BCUT2D eigenvalue weighted by molar-refractivity contribution is 0.199. The minimum atomic E-state index is -0.413. The third-order valence-electron chi connectivity index (χ3n) is 3.23. The van der Waals surface area contributed by atoms with E-state index >= 15 is 0 Å². The lowest BCUT2D eigenvalue weighted by Gasteiger charge is -2.28. The molecule has 92 valence electrons. The lowest BCUT2D eigenvalue weighted by Crippen LogP contribution is -2.28. The topological polar surface area (TPSA) is 23.5 Å². The van der Waals surface area contributed by atoms with E-state index in [1.54, 1.807) is 6.92 Å². The van der Waals surface area contributed by atoms with E-state index in [1.165, 1.54) is 11.3 Å². The Bertz CT molecular complexity index is 440. The van der Waals surface area contributed by atoms with Gasteiger partial charge in [-0.25, -0.2) is 0 Å². The number of halogens is 1. The van der Waals surface area contributed by atoms with Crippen molar-refractivity contribution in [1.29, 1.82) is 0 Å². The molecule has 0 fully saturated rings. The summed E-state index contributed by atoms with van der Waals surface area (Å²) in [6, 6.07) is 6.09. The van der Waals surface area contributed by atoms with Gasteiger partial charge in [-0.3, -0.25) is 0 Å². The van der Waals surface area contributed by atoms with E-state index in [1.807, 2.05) is 12.1 Å². The smallest absolute Gasteiger partial charge is 0.0762 e. The molecular weight excluding hydrogens is 278 g/mol. The molecule has 17 heavy (non-hydrogen) atoms. The first-order chi connectivity index (χ1) is 8.08. The SMILES string of the molecule is CC1=CCN(c2ccc(C(C)O)cc2Br)CC1. The van der Waals surface area contributed by atoms with Crippen molar-refractivity contribution in [3.8, 4) is 0 Å². The highest BCUT2D eigenvalue weighted by Gasteiger charge is 2.13. The quantitative estimate of drug-likeness (QED) is 0.842. The van der Waals surface area contributed by atoms with E-state index in [2.05, 4.69) is 39.9 Å². The molecule has 0 aliphatic carbocycles. The van der Waals surface area contributed by atoms with Gasteiger partial charge in [-0.15, -0.1) is 0 Å². The number of rotatable bonds is 2. The van der Waals surface area contributed by atoms with Gasteiger partial charge in [-0.2, -0.15) is 0 Å². The maximum atomic E-state index is 9.54. The molecule has 1 aromatic carbocycles. The Morgan fingerprint density at radius 1 is 1.41 bits per heavy atom. The summed E-state index contributed by atoms with van der Waals surface area (Å²) in [4.78, 5) is 2.35. The standard InChI is InChI=1S/C14H18BrNO/c1-10-5-7-16(8-6-10)14-4-3-12(11(2)17)9-13(14)15/h3-5,9,11,17H,6-8H2,1-2H3. The number of anilines is 1. The first kappa shape index (κ1) is 12.7. The van der Waals surface area contributed by atoms with Crippen molar-refractivity contribution < 1.29 is 5.11 Å². The molecule has 0 radical (unpaired) electrons. The minimum Gasteiger partial charge on any atom is -0.389 e. The lowest BCUT2D eigenvalue weighted by atomic mass is 10.1. The number of aliphatic hydroxyl groups is 1. The van der Waals surface area contributed by atoms with Crippen molar-refractivity contribution in [2.45, 2.75) is 26.4 Å². The van der Waals surface area contributed by atoms with E-state index in [-0.39, 0.29) is 0 Å². The van der Waals surface area contributed by atoms with Crippen LogP contribution in [0.15, 0.2) is 34.3 Å². The van der Waals surface area contributed by atoms with Crippen LogP contribution in [-0.4, -0.2) is 18.2 Å². The number of nitrogens with zero attached hydrogens (tertiary/aromatic N) is 1. The highest BCUT2D eigenvalue weighted by atomic mass is 79.9. The van der Waals surface area contributed by atoms with Crippen molar-refractivity contribution in [3.05, 3.63) is 39.9 Å². The minimum absolute atomic E-state index is 0.413. The molecular formula is C14H18BrNO. The summed E-state index contributed by atoms with van der Waals surface area (Å²) >= 11 is 3.59. The molecule has 1 heterocycles. The summed E-state index contributed by atoms with van der Waals surface area (Å²) in [5.41, 5.74) is 3.63. The fraction of sp³-hybridized carbons (Fsp3) is 0.429. The van der Waals surface area contributed by atoms with Crippen molar-refractivity contribution in [2.75, 3.05) is 18.0 Å². The Labute approximate surface area is 111 Å². The van der Waals surface area contributed by atoms with Crippen LogP contribution in [0.3, 0.4) is 0 Å². The summed E-state index contributed by atoms with van der Waals surface area (Å²) in [6.45, 7) is 6.00. The molecule has 1 aliphatic rings. The Hall–Kier alpha value is -0.800. The second-order valence-corrected chi connectivity index (χ2v) is 5.49. The van der Waals surface area contributed by atoms with E-state index in [4.69, 9.17) is 0 Å². The molecule has 0 saturated heterocycles. The molecule has 1 atom stereocenters. The van der Waals surface area contributed by atoms with Gasteiger partial charge in [0.25, 0.3) is 0 Å². The molecule has 3 heteroatoms. The van der Waals surface area contributed by atoms with Crippen LogP contribution in [0.2, 0.25) is 0 Å². The van der Waals surface area contributed by atoms with Crippen LogP contribution < -0.4 is 4.90 Å². The fourth-order valence-corrected chi connectivity index (χ4v) is 2.68. The molecule has 0 spiro atoms. The average molecular weight is 296 g/mol. The van der Waals surface area contributed by atoms with Gasteiger partial charge in [0, 0.05) is 17.6 Å².